The van der Waals surface area contributed by atoms with Gasteiger partial charge in [0.2, 0.25) is 11.6 Å². The molecular weight excluding hydrogens is 568 g/mol. The van der Waals surface area contributed by atoms with Crippen LogP contribution >= 0.6 is 0 Å². The van der Waals surface area contributed by atoms with Gasteiger partial charge in [0, 0.05) is 29.3 Å². The van der Waals surface area contributed by atoms with Gasteiger partial charge in [0.05, 0.1) is 34.1 Å². The quantitative estimate of drug-likeness (QED) is 0.107. The van der Waals surface area contributed by atoms with Crippen LogP contribution in [0.15, 0.2) is 82.8 Å². The first-order valence-corrected chi connectivity index (χ1v) is 13.4. The summed E-state index contributed by atoms with van der Waals surface area (Å²) in [5, 5.41) is 27.7. The molecule has 0 aliphatic rings. The number of hydrogen-bond acceptors (Lipinski definition) is 10. The van der Waals surface area contributed by atoms with Gasteiger partial charge in [-0.05, 0) is 54.3 Å². The number of aryl methyl sites for hydroxylation is 1. The summed E-state index contributed by atoms with van der Waals surface area (Å²) in [5.74, 6) is 0.745. The fourth-order valence-corrected chi connectivity index (χ4v) is 4.64. The van der Waals surface area contributed by atoms with Crippen molar-refractivity contribution < 1.29 is 19.3 Å². The Morgan fingerprint density at radius 3 is 2.43 bits per heavy atom. The molecule has 222 valence electrons. The average molecular weight is 595 g/mol. The van der Waals surface area contributed by atoms with Gasteiger partial charge in [-0.25, -0.2) is 9.97 Å². The van der Waals surface area contributed by atoms with Crippen molar-refractivity contribution in [3.05, 3.63) is 120 Å². The van der Waals surface area contributed by atoms with Gasteiger partial charge in [0.1, 0.15) is 11.9 Å². The Morgan fingerprint density at radius 1 is 1.00 bits per heavy atom. The number of nitro benzene ring substituents is 1. The predicted molar refractivity (Wildman–Crippen MR) is 164 cm³/mol. The molecular formula is C31H26N6O7. The van der Waals surface area contributed by atoms with Gasteiger partial charge in [-0.15, -0.1) is 0 Å². The van der Waals surface area contributed by atoms with Crippen LogP contribution in [0.1, 0.15) is 36.5 Å². The molecule has 2 aromatic heterocycles. The largest absolute Gasteiger partial charge is 0.496 e. The van der Waals surface area contributed by atoms with E-state index in [9.17, 15) is 25.0 Å². The van der Waals surface area contributed by atoms with Crippen LogP contribution in [-0.4, -0.2) is 37.8 Å². The van der Waals surface area contributed by atoms with Crippen LogP contribution in [-0.2, 0) is 0 Å². The zero-order valence-corrected chi connectivity index (χ0v) is 24.1. The van der Waals surface area contributed by atoms with Crippen LogP contribution in [0.2, 0.25) is 0 Å². The standard InChI is InChI=1S/C31H26N6O7/c1-18(2)23-15-24(19(3)14-27(23)43-4)30-34-25-10-6-5-9-22(25)31(38)35(30)33-16-20-8-7-11-26(37(41)42)29(20)44-28-13-12-21(17-32-28)36(39)40/h5-18H,1-4H3. The van der Waals surface area contributed by atoms with Crippen LogP contribution in [0.4, 0.5) is 11.4 Å². The molecule has 13 nitrogen and oxygen atoms in total. The third-order valence-corrected chi connectivity index (χ3v) is 6.87. The minimum absolute atomic E-state index is 0.103. The number of fused-ring (bicyclic) bond motifs is 1. The average Bonchev–Trinajstić information content (AvgIpc) is 3.01. The molecule has 0 aliphatic heterocycles. The number of ether oxygens (including phenoxy) is 2. The monoisotopic (exact) mass is 594 g/mol. The number of benzene rings is 3. The molecule has 0 fully saturated rings. The maximum absolute atomic E-state index is 13.8. The molecule has 0 N–H and O–H groups in total. The topological polar surface area (TPSA) is 165 Å². The smallest absolute Gasteiger partial charge is 0.312 e. The van der Waals surface area contributed by atoms with Crippen LogP contribution in [0.5, 0.6) is 17.4 Å². The summed E-state index contributed by atoms with van der Waals surface area (Å²) in [6.07, 6.45) is 2.24. The Morgan fingerprint density at radius 2 is 1.77 bits per heavy atom. The lowest BCUT2D eigenvalue weighted by Gasteiger charge is -2.17. The minimum atomic E-state index is -0.637. The van der Waals surface area contributed by atoms with Gasteiger partial charge in [0.25, 0.3) is 11.2 Å². The number of nitro groups is 2. The van der Waals surface area contributed by atoms with E-state index in [1.807, 2.05) is 32.9 Å². The maximum Gasteiger partial charge on any atom is 0.312 e. The zero-order valence-electron chi connectivity index (χ0n) is 24.1. The normalized spacial score (nSPS) is 11.3. The van der Waals surface area contributed by atoms with Crippen molar-refractivity contribution in [2.45, 2.75) is 26.7 Å². The third kappa shape index (κ3) is 5.70. The van der Waals surface area contributed by atoms with Crippen molar-refractivity contribution in [1.29, 1.82) is 0 Å². The molecule has 3 aromatic carbocycles. The lowest BCUT2D eigenvalue weighted by molar-refractivity contribution is -0.385. The van der Waals surface area contributed by atoms with Crippen LogP contribution in [0.25, 0.3) is 22.3 Å². The summed E-state index contributed by atoms with van der Waals surface area (Å²) in [7, 11) is 1.60. The van der Waals surface area contributed by atoms with E-state index >= 15 is 0 Å². The van der Waals surface area contributed by atoms with Crippen molar-refractivity contribution in [3.63, 3.8) is 0 Å². The fourth-order valence-electron chi connectivity index (χ4n) is 4.64. The number of hydrogen-bond donors (Lipinski definition) is 0. The Kier molecular flexibility index (Phi) is 8.11. The molecule has 5 rings (SSSR count). The van der Waals surface area contributed by atoms with E-state index in [1.54, 1.807) is 31.4 Å². The Bertz CT molecular complexity index is 2000. The molecule has 13 heteroatoms. The van der Waals surface area contributed by atoms with Crippen molar-refractivity contribution >= 4 is 28.5 Å². The molecule has 0 atom stereocenters. The predicted octanol–water partition coefficient (Wildman–Crippen LogP) is 6.39. The van der Waals surface area contributed by atoms with Gasteiger partial charge >= 0.3 is 5.69 Å². The molecule has 0 radical (unpaired) electrons. The zero-order chi connectivity index (χ0) is 31.5. The molecule has 2 heterocycles. The summed E-state index contributed by atoms with van der Waals surface area (Å²) in [6, 6.07) is 17.3. The molecule has 0 spiro atoms. The molecule has 44 heavy (non-hydrogen) atoms. The van der Waals surface area contributed by atoms with Gasteiger partial charge < -0.3 is 9.47 Å². The first-order valence-electron chi connectivity index (χ1n) is 13.4. The molecule has 0 amide bonds. The number of rotatable bonds is 9. The highest BCUT2D eigenvalue weighted by atomic mass is 16.6. The molecule has 0 saturated heterocycles. The SMILES string of the molecule is COc1cc(C)c(-c2nc3ccccc3c(=O)n2N=Cc2cccc([N+](=O)[O-])c2Oc2ccc([N+](=O)[O-])cn2)cc1C(C)C. The number of aromatic nitrogens is 3. The lowest BCUT2D eigenvalue weighted by atomic mass is 9.96. The van der Waals surface area contributed by atoms with Crippen LogP contribution < -0.4 is 15.0 Å². The van der Waals surface area contributed by atoms with Crippen molar-refractivity contribution in [2.24, 2.45) is 5.10 Å². The fraction of sp³-hybridized carbons (Fsp3) is 0.161. The molecule has 0 unspecified atom stereocenters. The Balaban J connectivity index is 1.69. The number of methoxy groups -OCH3 is 1. The first-order chi connectivity index (χ1) is 21.1. The highest BCUT2D eigenvalue weighted by Crippen LogP contribution is 2.35. The van der Waals surface area contributed by atoms with Crippen LogP contribution in [0, 0.1) is 27.2 Å². The highest BCUT2D eigenvalue weighted by Gasteiger charge is 2.22. The minimum Gasteiger partial charge on any atom is -0.496 e. The summed E-state index contributed by atoms with van der Waals surface area (Å²) in [5.41, 5.74) is 1.87. The summed E-state index contributed by atoms with van der Waals surface area (Å²) in [4.78, 5) is 44.2. The van der Waals surface area contributed by atoms with E-state index in [4.69, 9.17) is 14.5 Å². The molecule has 5 aromatic rings. The maximum atomic E-state index is 13.8. The molecule has 0 saturated carbocycles. The Hall–Kier alpha value is -5.98. The van der Waals surface area contributed by atoms with Gasteiger partial charge in [-0.3, -0.25) is 25.0 Å². The van der Waals surface area contributed by atoms with Crippen molar-refractivity contribution in [1.82, 2.24) is 14.6 Å². The second kappa shape index (κ2) is 12.1. The second-order valence-electron chi connectivity index (χ2n) is 10.0. The number of para-hydroxylation sites is 2. The summed E-state index contributed by atoms with van der Waals surface area (Å²) >= 11 is 0. The Labute approximate surface area is 250 Å². The second-order valence-corrected chi connectivity index (χ2v) is 10.0. The van der Waals surface area contributed by atoms with E-state index < -0.39 is 21.1 Å². The van der Waals surface area contributed by atoms with Crippen molar-refractivity contribution in [3.8, 4) is 28.8 Å². The highest BCUT2D eigenvalue weighted by molar-refractivity contribution is 5.87. The number of nitrogens with zero attached hydrogens (tertiary/aromatic N) is 6. The summed E-state index contributed by atoms with van der Waals surface area (Å²) in [6.45, 7) is 5.93. The van der Waals surface area contributed by atoms with E-state index in [0.29, 0.717) is 22.2 Å². The third-order valence-electron chi connectivity index (χ3n) is 6.87. The van der Waals surface area contributed by atoms with E-state index in [2.05, 4.69) is 10.1 Å². The van der Waals surface area contributed by atoms with E-state index in [1.165, 1.54) is 36.5 Å². The lowest BCUT2D eigenvalue weighted by Crippen LogP contribution is -2.21. The van der Waals surface area contributed by atoms with Crippen molar-refractivity contribution in [2.75, 3.05) is 7.11 Å². The number of pyridine rings is 1. The molecule has 0 aliphatic carbocycles. The van der Waals surface area contributed by atoms with Gasteiger partial charge in [-0.2, -0.15) is 9.78 Å². The van der Waals surface area contributed by atoms with Crippen LogP contribution in [0.3, 0.4) is 0 Å². The first kappa shape index (κ1) is 29.5. The van der Waals surface area contributed by atoms with E-state index in [-0.39, 0.29) is 34.6 Å². The van der Waals surface area contributed by atoms with E-state index in [0.717, 1.165) is 22.0 Å². The van der Waals surface area contributed by atoms with Gasteiger partial charge in [-0.1, -0.05) is 32.0 Å². The molecule has 0 bridgehead atoms. The van der Waals surface area contributed by atoms with Gasteiger partial charge in [0.15, 0.2) is 5.82 Å². The summed E-state index contributed by atoms with van der Waals surface area (Å²) < 4.78 is 12.5.